The Morgan fingerprint density at radius 3 is 1.91 bits per heavy atom. The van der Waals surface area contributed by atoms with Crippen LogP contribution in [0.5, 0.6) is 0 Å². The van der Waals surface area contributed by atoms with E-state index in [0.29, 0.717) is 17.4 Å². The lowest BCUT2D eigenvalue weighted by Crippen LogP contribution is -2.39. The molecular weight excluding hydrogens is 430 g/mol. The fraction of sp³-hybridized carbons (Fsp3) is 0.680. The molecule has 1 unspecified atom stereocenters. The summed E-state index contributed by atoms with van der Waals surface area (Å²) in [6.07, 6.45) is 3.67. The number of ether oxygens (including phenoxy) is 1. The van der Waals surface area contributed by atoms with Gasteiger partial charge in [-0.1, -0.05) is 36.4 Å². The van der Waals surface area contributed by atoms with E-state index in [1.165, 1.54) is 50.7 Å². The second-order valence-electron chi connectivity index (χ2n) is 9.42. The number of halogens is 6. The van der Waals surface area contributed by atoms with Gasteiger partial charge in [0.25, 0.3) is 6.17 Å². The average Bonchev–Trinajstić information content (AvgIpc) is 2.78. The number of hydrogen-bond acceptors (Lipinski definition) is 1. The molecule has 2 fully saturated rings. The monoisotopic (exact) mass is 462 g/mol. The summed E-state index contributed by atoms with van der Waals surface area (Å²) in [5.74, 6) is -1.92. The van der Waals surface area contributed by atoms with Crippen LogP contribution in [-0.2, 0) is 10.7 Å². The Bertz CT molecular complexity index is 726. The van der Waals surface area contributed by atoms with E-state index in [1.807, 2.05) is 6.08 Å². The Balaban J connectivity index is 1.48. The third kappa shape index (κ3) is 6.30. The molecule has 32 heavy (non-hydrogen) atoms. The zero-order valence-corrected chi connectivity index (χ0v) is 18.4. The minimum absolute atomic E-state index is 0.414. The summed E-state index contributed by atoms with van der Waals surface area (Å²) in [7, 11) is 1.76. The van der Waals surface area contributed by atoms with E-state index in [4.69, 9.17) is 4.74 Å². The van der Waals surface area contributed by atoms with E-state index in [2.05, 4.69) is 6.08 Å². The molecule has 0 saturated heterocycles. The van der Waals surface area contributed by atoms with Crippen LogP contribution in [0.25, 0.3) is 6.08 Å². The first-order chi connectivity index (χ1) is 15.1. The summed E-state index contributed by atoms with van der Waals surface area (Å²) in [5, 5.41) is 0. The molecule has 1 aromatic carbocycles. The highest BCUT2D eigenvalue weighted by molar-refractivity contribution is 5.50. The molecule has 3 rings (SSSR count). The molecule has 7 heteroatoms. The summed E-state index contributed by atoms with van der Waals surface area (Å²) in [4.78, 5) is 0. The van der Waals surface area contributed by atoms with Gasteiger partial charge in [0.15, 0.2) is 0 Å². The van der Waals surface area contributed by atoms with Crippen molar-refractivity contribution in [2.24, 2.45) is 23.7 Å². The molecule has 0 spiro atoms. The Kier molecular flexibility index (Phi) is 8.34. The molecule has 0 radical (unpaired) electrons. The van der Waals surface area contributed by atoms with Gasteiger partial charge < -0.3 is 4.74 Å². The molecule has 2 saturated carbocycles. The molecule has 0 aliphatic heterocycles. The second kappa shape index (κ2) is 10.6. The normalized spacial score (nSPS) is 28.7. The maximum Gasteiger partial charge on any atom is 0.426 e. The van der Waals surface area contributed by atoms with E-state index >= 15 is 0 Å². The highest BCUT2D eigenvalue weighted by atomic mass is 19.4. The van der Waals surface area contributed by atoms with E-state index in [9.17, 15) is 26.3 Å². The van der Waals surface area contributed by atoms with Crippen molar-refractivity contribution in [2.45, 2.75) is 69.6 Å². The van der Waals surface area contributed by atoms with Gasteiger partial charge in [0, 0.05) is 19.3 Å². The van der Waals surface area contributed by atoms with E-state index in [-0.39, 0.29) is 0 Å². The molecular formula is C25H32F6O. The fourth-order valence-corrected chi connectivity index (χ4v) is 5.29. The second-order valence-corrected chi connectivity index (χ2v) is 9.42. The summed E-state index contributed by atoms with van der Waals surface area (Å²) in [5.41, 5.74) is -0.356. The van der Waals surface area contributed by atoms with Crippen LogP contribution in [0.15, 0.2) is 30.3 Å². The van der Waals surface area contributed by atoms with Crippen molar-refractivity contribution in [3.8, 4) is 0 Å². The fourth-order valence-electron chi connectivity index (χ4n) is 5.29. The van der Waals surface area contributed by atoms with Crippen LogP contribution in [0.1, 0.15) is 62.5 Å². The number of benzene rings is 1. The van der Waals surface area contributed by atoms with Crippen LogP contribution in [0, 0.1) is 23.7 Å². The van der Waals surface area contributed by atoms with Crippen LogP contribution < -0.4 is 0 Å². The minimum atomic E-state index is -5.61. The molecule has 2 aliphatic rings. The first-order valence-electron chi connectivity index (χ1n) is 11.5. The molecule has 0 amide bonds. The van der Waals surface area contributed by atoms with Crippen molar-refractivity contribution >= 4 is 6.08 Å². The lowest BCUT2D eigenvalue weighted by molar-refractivity contribution is -0.248. The van der Waals surface area contributed by atoms with E-state index < -0.39 is 23.8 Å². The number of rotatable bonds is 7. The predicted octanol–water partition coefficient (Wildman–Crippen LogP) is 7.95. The lowest BCUT2D eigenvalue weighted by atomic mass is 9.69. The van der Waals surface area contributed by atoms with Crippen LogP contribution in [0.4, 0.5) is 26.3 Å². The Morgan fingerprint density at radius 1 is 0.875 bits per heavy atom. The summed E-state index contributed by atoms with van der Waals surface area (Å²) < 4.78 is 83.1. The zero-order chi connectivity index (χ0) is 23.4. The van der Waals surface area contributed by atoms with Crippen molar-refractivity contribution in [3.63, 3.8) is 0 Å². The molecule has 1 nitrogen and oxygen atoms in total. The summed E-state index contributed by atoms with van der Waals surface area (Å²) in [6.45, 7) is 0.861. The zero-order valence-electron chi connectivity index (χ0n) is 18.4. The topological polar surface area (TPSA) is 9.23 Å². The number of allylic oxidation sites excluding steroid dienone is 1. The average molecular weight is 463 g/mol. The van der Waals surface area contributed by atoms with Crippen LogP contribution in [0.2, 0.25) is 0 Å². The first-order valence-corrected chi connectivity index (χ1v) is 11.5. The van der Waals surface area contributed by atoms with Gasteiger partial charge in [-0.3, -0.25) is 0 Å². The summed E-state index contributed by atoms with van der Waals surface area (Å²) in [6, 6.07) is 4.36. The molecule has 1 atom stereocenters. The van der Waals surface area contributed by atoms with Gasteiger partial charge in [-0.05, 0) is 80.6 Å². The van der Waals surface area contributed by atoms with E-state index in [1.54, 1.807) is 7.11 Å². The maximum absolute atomic E-state index is 13.8. The van der Waals surface area contributed by atoms with Crippen molar-refractivity contribution in [2.75, 3.05) is 13.7 Å². The molecule has 0 N–H and O–H groups in total. The largest absolute Gasteiger partial charge is 0.426 e. The number of hydrogen-bond donors (Lipinski definition) is 0. The molecule has 0 aromatic heterocycles. The molecule has 0 heterocycles. The number of alkyl halides is 6. The number of methoxy groups -OCH3 is 1. The standard InChI is InChI=1S/C25H32F6O/c1-32-16-19-6-12-21(13-7-19)20-10-4-17(5-11-20)2-3-18-8-14-22(15-9-18)24(27,28)23(26)25(29,30)31/h2-3,8-9,14-15,17,19-21,23H,4-7,10-13,16H2,1H3/b3-2+. The van der Waals surface area contributed by atoms with Crippen LogP contribution in [-0.4, -0.2) is 26.1 Å². The highest BCUT2D eigenvalue weighted by Crippen LogP contribution is 2.43. The predicted molar refractivity (Wildman–Crippen MR) is 113 cm³/mol. The van der Waals surface area contributed by atoms with Gasteiger partial charge in [-0.25, -0.2) is 4.39 Å². The van der Waals surface area contributed by atoms with Crippen LogP contribution in [0.3, 0.4) is 0 Å². The SMILES string of the molecule is COCC1CCC(C2CCC(/C=C/c3ccc(C(F)(F)C(F)C(F)(F)F)cc3)CC2)CC1. The minimum Gasteiger partial charge on any atom is -0.384 e. The Labute approximate surface area is 186 Å². The third-order valence-electron chi connectivity index (χ3n) is 7.24. The first kappa shape index (κ1) is 25.1. The van der Waals surface area contributed by atoms with Gasteiger partial charge in [-0.15, -0.1) is 0 Å². The van der Waals surface area contributed by atoms with Crippen molar-refractivity contribution in [1.82, 2.24) is 0 Å². The Hall–Kier alpha value is -1.50. The lowest BCUT2D eigenvalue weighted by Gasteiger charge is -2.37. The molecule has 180 valence electrons. The van der Waals surface area contributed by atoms with Gasteiger partial charge in [0.1, 0.15) is 0 Å². The van der Waals surface area contributed by atoms with Gasteiger partial charge in [0.2, 0.25) is 0 Å². The van der Waals surface area contributed by atoms with Gasteiger partial charge in [-0.2, -0.15) is 22.0 Å². The maximum atomic E-state index is 13.8. The third-order valence-corrected chi connectivity index (χ3v) is 7.24. The molecule has 2 aliphatic carbocycles. The van der Waals surface area contributed by atoms with E-state index in [0.717, 1.165) is 43.4 Å². The summed E-state index contributed by atoms with van der Waals surface area (Å²) >= 11 is 0. The van der Waals surface area contributed by atoms with Gasteiger partial charge >= 0.3 is 12.1 Å². The quantitative estimate of drug-likeness (QED) is 0.374. The van der Waals surface area contributed by atoms with Crippen molar-refractivity contribution in [3.05, 3.63) is 41.5 Å². The van der Waals surface area contributed by atoms with Crippen molar-refractivity contribution < 1.29 is 31.1 Å². The highest BCUT2D eigenvalue weighted by Gasteiger charge is 2.57. The van der Waals surface area contributed by atoms with Crippen molar-refractivity contribution in [1.29, 1.82) is 0 Å². The Morgan fingerprint density at radius 2 is 1.41 bits per heavy atom. The molecule has 1 aromatic rings. The van der Waals surface area contributed by atoms with Crippen LogP contribution >= 0.6 is 0 Å². The molecule has 0 bridgehead atoms. The smallest absolute Gasteiger partial charge is 0.384 e. The van der Waals surface area contributed by atoms with Gasteiger partial charge in [0.05, 0.1) is 0 Å².